The first-order chi connectivity index (χ1) is 8.04. The standard InChI is InChI=1S/C14H23NO2/c1-10(2)7-8-15-11(3)13-6-5-12(17-4)9-14(13)16/h5-6,9-11,15-16H,7-8H2,1-4H3. The SMILES string of the molecule is COc1ccc(C(C)NCCC(C)C)c(O)c1. The smallest absolute Gasteiger partial charge is 0.124 e. The molecule has 1 atom stereocenters. The number of ether oxygens (including phenoxy) is 1. The van der Waals surface area contributed by atoms with Crippen LogP contribution in [0.25, 0.3) is 0 Å². The quantitative estimate of drug-likeness (QED) is 0.799. The molecule has 0 saturated carbocycles. The molecule has 0 bridgehead atoms. The van der Waals surface area contributed by atoms with Gasteiger partial charge in [-0.05, 0) is 31.9 Å². The molecule has 1 rings (SSSR count). The second-order valence-electron chi connectivity index (χ2n) is 4.78. The molecule has 0 aliphatic rings. The lowest BCUT2D eigenvalue weighted by atomic mass is 10.1. The van der Waals surface area contributed by atoms with Gasteiger partial charge in [-0.15, -0.1) is 0 Å². The molecule has 0 aliphatic carbocycles. The molecule has 0 radical (unpaired) electrons. The van der Waals surface area contributed by atoms with E-state index in [2.05, 4.69) is 26.1 Å². The summed E-state index contributed by atoms with van der Waals surface area (Å²) in [5, 5.41) is 13.3. The molecule has 3 heteroatoms. The molecule has 1 aromatic rings. The van der Waals surface area contributed by atoms with Crippen LogP contribution in [0.1, 0.15) is 38.8 Å². The van der Waals surface area contributed by atoms with Gasteiger partial charge in [0.1, 0.15) is 11.5 Å². The topological polar surface area (TPSA) is 41.5 Å². The van der Waals surface area contributed by atoms with Crippen LogP contribution in [0, 0.1) is 5.92 Å². The van der Waals surface area contributed by atoms with Gasteiger partial charge < -0.3 is 15.2 Å². The van der Waals surface area contributed by atoms with E-state index >= 15 is 0 Å². The summed E-state index contributed by atoms with van der Waals surface area (Å²) in [6, 6.07) is 5.58. The van der Waals surface area contributed by atoms with Crippen molar-refractivity contribution in [3.05, 3.63) is 23.8 Å². The number of methoxy groups -OCH3 is 1. The normalized spacial score (nSPS) is 12.8. The summed E-state index contributed by atoms with van der Waals surface area (Å²) in [5.41, 5.74) is 0.912. The van der Waals surface area contributed by atoms with Crippen molar-refractivity contribution in [2.75, 3.05) is 13.7 Å². The van der Waals surface area contributed by atoms with Gasteiger partial charge in [0.25, 0.3) is 0 Å². The minimum Gasteiger partial charge on any atom is -0.507 e. The fourth-order valence-electron chi connectivity index (χ4n) is 1.72. The largest absolute Gasteiger partial charge is 0.507 e. The molecule has 0 saturated heterocycles. The average Bonchev–Trinajstić information content (AvgIpc) is 2.28. The Labute approximate surface area is 104 Å². The van der Waals surface area contributed by atoms with E-state index in [1.165, 1.54) is 0 Å². The van der Waals surface area contributed by atoms with Crippen LogP contribution in [-0.2, 0) is 0 Å². The Morgan fingerprint density at radius 3 is 2.53 bits per heavy atom. The van der Waals surface area contributed by atoms with E-state index in [1.54, 1.807) is 13.2 Å². The lowest BCUT2D eigenvalue weighted by Gasteiger charge is -2.17. The highest BCUT2D eigenvalue weighted by atomic mass is 16.5. The first kappa shape index (κ1) is 13.8. The van der Waals surface area contributed by atoms with Gasteiger partial charge in [-0.25, -0.2) is 0 Å². The molecule has 1 aromatic carbocycles. The highest BCUT2D eigenvalue weighted by molar-refractivity contribution is 5.41. The number of hydrogen-bond donors (Lipinski definition) is 2. The maximum atomic E-state index is 9.88. The van der Waals surface area contributed by atoms with Crippen LogP contribution < -0.4 is 10.1 Å². The van der Waals surface area contributed by atoms with Crippen molar-refractivity contribution < 1.29 is 9.84 Å². The number of hydrogen-bond acceptors (Lipinski definition) is 3. The van der Waals surface area contributed by atoms with E-state index in [-0.39, 0.29) is 11.8 Å². The molecule has 0 amide bonds. The average molecular weight is 237 g/mol. The second-order valence-corrected chi connectivity index (χ2v) is 4.78. The molecule has 17 heavy (non-hydrogen) atoms. The van der Waals surface area contributed by atoms with Crippen molar-refractivity contribution in [3.63, 3.8) is 0 Å². The molecular formula is C14H23NO2. The summed E-state index contributed by atoms with van der Waals surface area (Å²) >= 11 is 0. The molecule has 2 N–H and O–H groups in total. The number of phenols is 1. The van der Waals surface area contributed by atoms with Gasteiger partial charge in [-0.2, -0.15) is 0 Å². The summed E-state index contributed by atoms with van der Waals surface area (Å²) in [6.07, 6.45) is 1.14. The van der Waals surface area contributed by atoms with Gasteiger partial charge in [-0.1, -0.05) is 19.9 Å². The van der Waals surface area contributed by atoms with Gasteiger partial charge >= 0.3 is 0 Å². The van der Waals surface area contributed by atoms with Crippen LogP contribution in [0.15, 0.2) is 18.2 Å². The van der Waals surface area contributed by atoms with E-state index in [4.69, 9.17) is 4.74 Å². The molecule has 96 valence electrons. The Balaban J connectivity index is 2.59. The van der Waals surface area contributed by atoms with E-state index in [0.29, 0.717) is 11.7 Å². The Hall–Kier alpha value is -1.22. The molecule has 0 aromatic heterocycles. The second kappa shape index (κ2) is 6.50. The van der Waals surface area contributed by atoms with Crippen LogP contribution in [0.3, 0.4) is 0 Å². The first-order valence-corrected chi connectivity index (χ1v) is 6.15. The summed E-state index contributed by atoms with van der Waals surface area (Å²) in [4.78, 5) is 0. The molecular weight excluding hydrogens is 214 g/mol. The number of aromatic hydroxyl groups is 1. The third-order valence-electron chi connectivity index (χ3n) is 2.88. The Bertz CT molecular complexity index is 350. The summed E-state index contributed by atoms with van der Waals surface area (Å²) in [7, 11) is 1.60. The highest BCUT2D eigenvalue weighted by Gasteiger charge is 2.10. The van der Waals surface area contributed by atoms with E-state index in [0.717, 1.165) is 18.5 Å². The fourth-order valence-corrected chi connectivity index (χ4v) is 1.72. The lowest BCUT2D eigenvalue weighted by molar-refractivity contribution is 0.403. The molecule has 0 aliphatic heterocycles. The van der Waals surface area contributed by atoms with Crippen LogP contribution in [0.5, 0.6) is 11.5 Å². The van der Waals surface area contributed by atoms with Crippen molar-refractivity contribution in [1.82, 2.24) is 5.32 Å². The van der Waals surface area contributed by atoms with Crippen molar-refractivity contribution in [2.24, 2.45) is 5.92 Å². The highest BCUT2D eigenvalue weighted by Crippen LogP contribution is 2.28. The summed E-state index contributed by atoms with van der Waals surface area (Å²) in [6.45, 7) is 7.43. The van der Waals surface area contributed by atoms with E-state index < -0.39 is 0 Å². The monoisotopic (exact) mass is 237 g/mol. The van der Waals surface area contributed by atoms with Crippen LogP contribution in [0.2, 0.25) is 0 Å². The van der Waals surface area contributed by atoms with Crippen molar-refractivity contribution in [1.29, 1.82) is 0 Å². The Morgan fingerprint density at radius 2 is 2.00 bits per heavy atom. The molecule has 0 fully saturated rings. The molecule has 3 nitrogen and oxygen atoms in total. The van der Waals surface area contributed by atoms with Gasteiger partial charge in [-0.3, -0.25) is 0 Å². The summed E-state index contributed by atoms with van der Waals surface area (Å²) in [5.74, 6) is 1.66. The van der Waals surface area contributed by atoms with E-state index in [9.17, 15) is 5.11 Å². The minimum absolute atomic E-state index is 0.152. The molecule has 0 spiro atoms. The number of rotatable bonds is 6. The first-order valence-electron chi connectivity index (χ1n) is 6.15. The maximum Gasteiger partial charge on any atom is 0.124 e. The van der Waals surface area contributed by atoms with Crippen molar-refractivity contribution in [2.45, 2.75) is 33.2 Å². The van der Waals surface area contributed by atoms with Crippen molar-refractivity contribution >= 4 is 0 Å². The molecule has 0 heterocycles. The van der Waals surface area contributed by atoms with Crippen molar-refractivity contribution in [3.8, 4) is 11.5 Å². The lowest BCUT2D eigenvalue weighted by Crippen LogP contribution is -2.21. The predicted molar refractivity (Wildman–Crippen MR) is 70.5 cm³/mol. The Kier molecular flexibility index (Phi) is 5.29. The van der Waals surface area contributed by atoms with Gasteiger partial charge in [0.2, 0.25) is 0 Å². The van der Waals surface area contributed by atoms with Gasteiger partial charge in [0.15, 0.2) is 0 Å². The predicted octanol–water partition coefficient (Wildman–Crippen LogP) is 3.10. The van der Waals surface area contributed by atoms with E-state index in [1.807, 2.05) is 12.1 Å². The zero-order chi connectivity index (χ0) is 12.8. The third kappa shape index (κ3) is 4.27. The van der Waals surface area contributed by atoms with Crippen LogP contribution in [0.4, 0.5) is 0 Å². The summed E-state index contributed by atoms with van der Waals surface area (Å²) < 4.78 is 5.06. The van der Waals surface area contributed by atoms with Crippen LogP contribution >= 0.6 is 0 Å². The number of benzene rings is 1. The number of nitrogens with one attached hydrogen (secondary N) is 1. The third-order valence-corrected chi connectivity index (χ3v) is 2.88. The van der Waals surface area contributed by atoms with Crippen LogP contribution in [-0.4, -0.2) is 18.8 Å². The zero-order valence-electron chi connectivity index (χ0n) is 11.2. The minimum atomic E-state index is 0.152. The fraction of sp³-hybridized carbons (Fsp3) is 0.571. The van der Waals surface area contributed by atoms with Gasteiger partial charge in [0, 0.05) is 17.7 Å². The maximum absolute atomic E-state index is 9.88. The zero-order valence-corrected chi connectivity index (χ0v) is 11.2. The Morgan fingerprint density at radius 1 is 1.29 bits per heavy atom. The van der Waals surface area contributed by atoms with Gasteiger partial charge in [0.05, 0.1) is 7.11 Å². The molecule has 1 unspecified atom stereocenters. The number of phenolic OH excluding ortho intramolecular Hbond substituents is 1.